The Morgan fingerprint density at radius 3 is 1.63 bits per heavy atom. The van der Waals surface area contributed by atoms with Crippen LogP contribution in [0.4, 0.5) is 0 Å². The molecule has 0 saturated heterocycles. The zero-order valence-corrected chi connectivity index (χ0v) is 19.2. The van der Waals surface area contributed by atoms with Crippen LogP contribution in [0.25, 0.3) is 0 Å². The molecule has 0 spiro atoms. The number of hydrogen-bond donors (Lipinski definition) is 0. The summed E-state index contributed by atoms with van der Waals surface area (Å²) in [5, 5.41) is 0. The van der Waals surface area contributed by atoms with Crippen LogP contribution in [0.3, 0.4) is 0 Å². The monoisotopic (exact) mass is 382 g/mol. The average molecular weight is 383 g/mol. The second-order valence-corrected chi connectivity index (χ2v) is 8.87. The summed E-state index contributed by atoms with van der Waals surface area (Å²) in [5.41, 5.74) is 0. The molecule has 0 aromatic carbocycles. The fraction of sp³-hybridized carbons (Fsp3) is 0.960. The van der Waals surface area contributed by atoms with E-state index in [2.05, 4.69) is 27.7 Å². The van der Waals surface area contributed by atoms with Crippen molar-refractivity contribution in [1.82, 2.24) is 0 Å². The maximum absolute atomic E-state index is 12.5. The van der Waals surface area contributed by atoms with Gasteiger partial charge in [0, 0.05) is 0 Å². The first-order valence-corrected chi connectivity index (χ1v) is 12.3. The summed E-state index contributed by atoms with van der Waals surface area (Å²) >= 11 is 0. The van der Waals surface area contributed by atoms with E-state index in [0.29, 0.717) is 6.61 Å². The number of carbonyl (C=O) groups excluding carboxylic acids is 1. The van der Waals surface area contributed by atoms with Gasteiger partial charge < -0.3 is 4.74 Å². The molecule has 0 radical (unpaired) electrons. The van der Waals surface area contributed by atoms with Crippen molar-refractivity contribution in [3.63, 3.8) is 0 Å². The molecule has 0 N–H and O–H groups in total. The second kappa shape index (κ2) is 20.2. The summed E-state index contributed by atoms with van der Waals surface area (Å²) in [6.07, 6.45) is 20.9. The third-order valence-corrected chi connectivity index (χ3v) is 5.57. The van der Waals surface area contributed by atoms with E-state index in [1.807, 2.05) is 0 Å². The lowest BCUT2D eigenvalue weighted by atomic mass is 9.94. The lowest BCUT2D eigenvalue weighted by Crippen LogP contribution is -2.18. The summed E-state index contributed by atoms with van der Waals surface area (Å²) in [6, 6.07) is 0. The first-order chi connectivity index (χ1) is 13.1. The number of rotatable bonds is 20. The molecule has 0 aromatic rings. The normalized spacial score (nSPS) is 12.5. The number of esters is 1. The van der Waals surface area contributed by atoms with Gasteiger partial charge >= 0.3 is 5.97 Å². The van der Waals surface area contributed by atoms with E-state index in [1.54, 1.807) is 0 Å². The number of hydrogen-bond acceptors (Lipinski definition) is 2. The van der Waals surface area contributed by atoms with Gasteiger partial charge in [0.15, 0.2) is 0 Å². The van der Waals surface area contributed by atoms with Crippen molar-refractivity contribution in [2.24, 2.45) is 11.8 Å². The minimum Gasteiger partial charge on any atom is -0.465 e. The fourth-order valence-electron chi connectivity index (χ4n) is 3.67. The molecule has 0 amide bonds. The summed E-state index contributed by atoms with van der Waals surface area (Å²) in [6.45, 7) is 9.69. The Labute approximate surface area is 171 Å². The topological polar surface area (TPSA) is 26.3 Å². The quantitative estimate of drug-likeness (QED) is 0.156. The third kappa shape index (κ3) is 18.6. The van der Waals surface area contributed by atoms with Crippen LogP contribution < -0.4 is 0 Å². The Morgan fingerprint density at radius 1 is 0.630 bits per heavy atom. The van der Waals surface area contributed by atoms with E-state index < -0.39 is 0 Å². The Bertz CT molecular complexity index is 311. The lowest BCUT2D eigenvalue weighted by Gasteiger charge is -2.16. The van der Waals surface area contributed by atoms with Crippen LogP contribution in [0.15, 0.2) is 0 Å². The highest BCUT2D eigenvalue weighted by Gasteiger charge is 2.19. The molecule has 0 heterocycles. The van der Waals surface area contributed by atoms with E-state index >= 15 is 0 Å². The smallest absolute Gasteiger partial charge is 0.308 e. The molecule has 2 nitrogen and oxygen atoms in total. The Balaban J connectivity index is 3.96. The Hall–Kier alpha value is -0.530. The molecule has 2 heteroatoms. The largest absolute Gasteiger partial charge is 0.465 e. The predicted octanol–water partition coefficient (Wildman–Crippen LogP) is 8.47. The molecule has 1 unspecified atom stereocenters. The van der Waals surface area contributed by atoms with Gasteiger partial charge in [-0.25, -0.2) is 0 Å². The van der Waals surface area contributed by atoms with Crippen LogP contribution in [0, 0.1) is 11.8 Å². The first-order valence-electron chi connectivity index (χ1n) is 12.3. The van der Waals surface area contributed by atoms with Crippen LogP contribution in [0.5, 0.6) is 0 Å². The molecule has 162 valence electrons. The molecule has 0 aliphatic heterocycles. The standard InChI is InChI=1S/C25H50O2/c1-5-7-9-11-12-17-21-24(20-16-10-8-6-2)25(26)27-22-18-14-13-15-19-23(3)4/h23-24H,5-22H2,1-4H3. The van der Waals surface area contributed by atoms with Crippen LogP contribution in [-0.4, -0.2) is 12.6 Å². The fourth-order valence-corrected chi connectivity index (χ4v) is 3.67. The summed E-state index contributed by atoms with van der Waals surface area (Å²) < 4.78 is 5.65. The van der Waals surface area contributed by atoms with Crippen molar-refractivity contribution in [1.29, 1.82) is 0 Å². The molecule has 0 aromatic heterocycles. The number of unbranched alkanes of at least 4 members (excludes halogenated alkanes) is 11. The Morgan fingerprint density at radius 2 is 1.07 bits per heavy atom. The zero-order valence-electron chi connectivity index (χ0n) is 19.2. The van der Waals surface area contributed by atoms with Crippen molar-refractivity contribution in [2.45, 2.75) is 137 Å². The molecular weight excluding hydrogens is 332 g/mol. The van der Waals surface area contributed by atoms with E-state index in [-0.39, 0.29) is 11.9 Å². The number of ether oxygens (including phenoxy) is 1. The molecule has 0 saturated carbocycles. The molecule has 0 fully saturated rings. The van der Waals surface area contributed by atoms with Crippen molar-refractivity contribution in [3.05, 3.63) is 0 Å². The van der Waals surface area contributed by atoms with Gasteiger partial charge in [-0.05, 0) is 25.2 Å². The van der Waals surface area contributed by atoms with Crippen LogP contribution in [-0.2, 0) is 9.53 Å². The van der Waals surface area contributed by atoms with E-state index in [1.165, 1.54) is 89.9 Å². The third-order valence-electron chi connectivity index (χ3n) is 5.57. The lowest BCUT2D eigenvalue weighted by molar-refractivity contribution is -0.149. The minimum atomic E-state index is 0.0854. The van der Waals surface area contributed by atoms with E-state index in [0.717, 1.165) is 25.2 Å². The highest BCUT2D eigenvalue weighted by Crippen LogP contribution is 2.20. The van der Waals surface area contributed by atoms with Gasteiger partial charge in [0.05, 0.1) is 12.5 Å². The maximum Gasteiger partial charge on any atom is 0.308 e. The van der Waals surface area contributed by atoms with E-state index in [4.69, 9.17) is 4.74 Å². The highest BCUT2D eigenvalue weighted by atomic mass is 16.5. The summed E-state index contributed by atoms with van der Waals surface area (Å²) in [4.78, 5) is 12.5. The first kappa shape index (κ1) is 26.5. The van der Waals surface area contributed by atoms with Gasteiger partial charge in [-0.15, -0.1) is 0 Å². The molecule has 0 bridgehead atoms. The molecule has 0 aliphatic rings. The van der Waals surface area contributed by atoms with Crippen LogP contribution >= 0.6 is 0 Å². The van der Waals surface area contributed by atoms with Crippen molar-refractivity contribution >= 4 is 5.97 Å². The second-order valence-electron chi connectivity index (χ2n) is 8.87. The van der Waals surface area contributed by atoms with Crippen LogP contribution in [0.2, 0.25) is 0 Å². The summed E-state index contributed by atoms with van der Waals surface area (Å²) in [5.74, 6) is 1.04. The molecule has 1 atom stereocenters. The molecular formula is C25H50O2. The molecule has 27 heavy (non-hydrogen) atoms. The van der Waals surface area contributed by atoms with Gasteiger partial charge in [-0.2, -0.15) is 0 Å². The van der Waals surface area contributed by atoms with E-state index in [9.17, 15) is 4.79 Å². The SMILES string of the molecule is CCCCCCCCC(CCCCCC)C(=O)OCCCCCCC(C)C. The molecule has 0 aliphatic carbocycles. The highest BCUT2D eigenvalue weighted by molar-refractivity contribution is 5.72. The van der Waals surface area contributed by atoms with Crippen molar-refractivity contribution in [2.75, 3.05) is 6.61 Å². The summed E-state index contributed by atoms with van der Waals surface area (Å²) in [7, 11) is 0. The number of carbonyl (C=O) groups is 1. The van der Waals surface area contributed by atoms with Gasteiger partial charge in [0.25, 0.3) is 0 Å². The van der Waals surface area contributed by atoms with Gasteiger partial charge in [0.2, 0.25) is 0 Å². The zero-order chi connectivity index (χ0) is 20.2. The molecule has 0 rings (SSSR count). The maximum atomic E-state index is 12.5. The van der Waals surface area contributed by atoms with Crippen LogP contribution in [0.1, 0.15) is 137 Å². The van der Waals surface area contributed by atoms with Crippen molar-refractivity contribution in [3.8, 4) is 0 Å². The van der Waals surface area contributed by atoms with Gasteiger partial charge in [-0.3, -0.25) is 4.79 Å². The van der Waals surface area contributed by atoms with Crippen molar-refractivity contribution < 1.29 is 9.53 Å². The Kier molecular flexibility index (Phi) is 19.8. The predicted molar refractivity (Wildman–Crippen MR) is 119 cm³/mol. The average Bonchev–Trinajstić information content (AvgIpc) is 2.65. The van der Waals surface area contributed by atoms with Gasteiger partial charge in [-0.1, -0.05) is 118 Å². The minimum absolute atomic E-state index is 0.0854. The van der Waals surface area contributed by atoms with Gasteiger partial charge in [0.1, 0.15) is 0 Å².